The van der Waals surface area contributed by atoms with Crippen molar-refractivity contribution in [1.29, 1.82) is 0 Å². The van der Waals surface area contributed by atoms with Crippen LogP contribution in [-0.2, 0) is 4.79 Å². The highest BCUT2D eigenvalue weighted by molar-refractivity contribution is 6.22. The van der Waals surface area contributed by atoms with Gasteiger partial charge in [-0.2, -0.15) is 0 Å². The summed E-state index contributed by atoms with van der Waals surface area (Å²) in [6.45, 7) is 2.04. The van der Waals surface area contributed by atoms with Gasteiger partial charge in [0.1, 0.15) is 0 Å². The summed E-state index contributed by atoms with van der Waals surface area (Å²) in [5.74, 6) is 3.61. The SMILES string of the molecule is CCC(CCl)(CCl)NC(=O)CC12CC3CC(CC(C3)C1)C2. The highest BCUT2D eigenvalue weighted by Gasteiger charge is 2.51. The minimum absolute atomic E-state index is 0.167. The molecular formula is C17H27Cl2NO. The summed E-state index contributed by atoms with van der Waals surface area (Å²) in [6, 6.07) is 0. The lowest BCUT2D eigenvalue weighted by Gasteiger charge is -2.56. The number of carbonyl (C=O) groups excluding carboxylic acids is 1. The van der Waals surface area contributed by atoms with Crippen molar-refractivity contribution in [1.82, 2.24) is 5.32 Å². The van der Waals surface area contributed by atoms with Gasteiger partial charge in [-0.15, -0.1) is 23.2 Å². The van der Waals surface area contributed by atoms with Crippen LogP contribution in [0.5, 0.6) is 0 Å². The van der Waals surface area contributed by atoms with Gasteiger partial charge in [-0.25, -0.2) is 0 Å². The molecule has 0 aromatic carbocycles. The number of rotatable bonds is 6. The van der Waals surface area contributed by atoms with E-state index in [4.69, 9.17) is 23.2 Å². The molecule has 1 N–H and O–H groups in total. The molecule has 4 heteroatoms. The number of nitrogens with one attached hydrogen (secondary N) is 1. The lowest BCUT2D eigenvalue weighted by atomic mass is 9.49. The molecule has 1 amide bonds. The lowest BCUT2D eigenvalue weighted by Crippen LogP contribution is -2.54. The van der Waals surface area contributed by atoms with Crippen LogP contribution in [-0.4, -0.2) is 23.2 Å². The lowest BCUT2D eigenvalue weighted by molar-refractivity contribution is -0.130. The first kappa shape index (κ1) is 15.9. The third kappa shape index (κ3) is 3.08. The van der Waals surface area contributed by atoms with Crippen molar-refractivity contribution in [3.63, 3.8) is 0 Å². The number of amides is 1. The van der Waals surface area contributed by atoms with E-state index in [-0.39, 0.29) is 11.3 Å². The summed E-state index contributed by atoms with van der Waals surface area (Å²) in [5.41, 5.74) is -0.139. The molecule has 0 atom stereocenters. The molecule has 4 aliphatic carbocycles. The Morgan fingerprint density at radius 2 is 1.57 bits per heavy atom. The number of carbonyl (C=O) groups is 1. The third-order valence-electron chi connectivity index (χ3n) is 6.29. The van der Waals surface area contributed by atoms with Crippen molar-refractivity contribution in [3.8, 4) is 0 Å². The van der Waals surface area contributed by atoms with E-state index >= 15 is 0 Å². The maximum atomic E-state index is 12.6. The van der Waals surface area contributed by atoms with Gasteiger partial charge < -0.3 is 5.32 Å². The van der Waals surface area contributed by atoms with Crippen LogP contribution in [0, 0.1) is 23.2 Å². The van der Waals surface area contributed by atoms with E-state index in [0.29, 0.717) is 18.2 Å². The van der Waals surface area contributed by atoms with Crippen LogP contribution in [0.1, 0.15) is 58.3 Å². The van der Waals surface area contributed by atoms with Crippen molar-refractivity contribution >= 4 is 29.1 Å². The van der Waals surface area contributed by atoms with Gasteiger partial charge in [-0.3, -0.25) is 4.79 Å². The molecule has 0 aromatic rings. The fourth-order valence-corrected chi connectivity index (χ4v) is 6.36. The summed E-state index contributed by atoms with van der Waals surface area (Å²) in [4.78, 5) is 12.6. The molecule has 120 valence electrons. The molecule has 21 heavy (non-hydrogen) atoms. The zero-order chi connectivity index (χ0) is 15.1. The van der Waals surface area contributed by atoms with Gasteiger partial charge in [0.25, 0.3) is 0 Å². The molecule has 2 nitrogen and oxygen atoms in total. The summed E-state index contributed by atoms with van der Waals surface area (Å²) in [6.07, 6.45) is 9.54. The van der Waals surface area contributed by atoms with E-state index in [9.17, 15) is 4.79 Å². The largest absolute Gasteiger partial charge is 0.348 e. The first-order valence-corrected chi connectivity index (χ1v) is 9.52. The second-order valence-electron chi connectivity index (χ2n) is 8.04. The molecule has 4 fully saturated rings. The minimum atomic E-state index is -0.428. The molecule has 0 aromatic heterocycles. The number of hydrogen-bond acceptors (Lipinski definition) is 1. The standard InChI is InChI=1S/C17H27Cl2NO/c1-2-17(10-18,11-19)20-15(21)9-16-6-12-3-13(7-16)5-14(4-12)8-16/h12-14H,2-11H2,1H3,(H,20,21). The van der Waals surface area contributed by atoms with E-state index in [1.54, 1.807) is 0 Å². The Morgan fingerprint density at radius 1 is 1.10 bits per heavy atom. The van der Waals surface area contributed by atoms with Crippen LogP contribution in [0.2, 0.25) is 0 Å². The maximum absolute atomic E-state index is 12.6. The Bertz CT molecular complexity index is 362. The molecule has 4 rings (SSSR count). The summed E-state index contributed by atoms with van der Waals surface area (Å²) >= 11 is 12.1. The van der Waals surface area contributed by atoms with Crippen molar-refractivity contribution in [2.75, 3.05) is 11.8 Å². The summed E-state index contributed by atoms with van der Waals surface area (Å²) in [7, 11) is 0. The van der Waals surface area contributed by atoms with Crippen LogP contribution in [0.25, 0.3) is 0 Å². The van der Waals surface area contributed by atoms with Crippen LogP contribution < -0.4 is 5.32 Å². The molecule has 4 bridgehead atoms. The zero-order valence-electron chi connectivity index (χ0n) is 13.0. The average Bonchev–Trinajstić information content (AvgIpc) is 2.43. The molecule has 0 saturated heterocycles. The predicted molar refractivity (Wildman–Crippen MR) is 87.8 cm³/mol. The van der Waals surface area contributed by atoms with Gasteiger partial charge in [0, 0.05) is 18.2 Å². The molecular weight excluding hydrogens is 305 g/mol. The molecule has 0 radical (unpaired) electrons. The first-order chi connectivity index (χ1) is 10.0. The smallest absolute Gasteiger partial charge is 0.221 e. The van der Waals surface area contributed by atoms with E-state index in [0.717, 1.165) is 24.2 Å². The average molecular weight is 332 g/mol. The van der Waals surface area contributed by atoms with Gasteiger partial charge in [-0.05, 0) is 68.1 Å². The van der Waals surface area contributed by atoms with Crippen molar-refractivity contribution in [2.45, 2.75) is 63.8 Å². The molecule has 0 aliphatic heterocycles. The topological polar surface area (TPSA) is 29.1 Å². The van der Waals surface area contributed by atoms with Gasteiger partial charge in [0.15, 0.2) is 0 Å². The molecule has 0 unspecified atom stereocenters. The van der Waals surface area contributed by atoms with Crippen LogP contribution in [0.4, 0.5) is 0 Å². The fourth-order valence-electron chi connectivity index (χ4n) is 5.57. The Morgan fingerprint density at radius 3 is 1.95 bits per heavy atom. The molecule has 0 spiro atoms. The van der Waals surface area contributed by atoms with Gasteiger partial charge in [0.2, 0.25) is 5.91 Å². The highest BCUT2D eigenvalue weighted by Crippen LogP contribution is 2.61. The normalized spacial score (nSPS) is 37.8. The van der Waals surface area contributed by atoms with Crippen molar-refractivity contribution in [3.05, 3.63) is 0 Å². The maximum Gasteiger partial charge on any atom is 0.221 e. The van der Waals surface area contributed by atoms with E-state index in [2.05, 4.69) is 5.32 Å². The van der Waals surface area contributed by atoms with Crippen molar-refractivity contribution < 1.29 is 4.79 Å². The van der Waals surface area contributed by atoms with Gasteiger partial charge >= 0.3 is 0 Å². The van der Waals surface area contributed by atoms with E-state index < -0.39 is 5.54 Å². The Kier molecular flexibility index (Phi) is 4.49. The zero-order valence-corrected chi connectivity index (χ0v) is 14.5. The number of alkyl halides is 2. The van der Waals surface area contributed by atoms with Gasteiger partial charge in [-0.1, -0.05) is 6.92 Å². The Balaban J connectivity index is 1.65. The monoisotopic (exact) mass is 331 g/mol. The quantitative estimate of drug-likeness (QED) is 0.721. The number of hydrogen-bond donors (Lipinski definition) is 1. The summed E-state index contributed by atoms with van der Waals surface area (Å²) in [5, 5.41) is 3.15. The third-order valence-corrected chi connectivity index (χ3v) is 7.32. The number of halogens is 2. The molecule has 4 saturated carbocycles. The van der Waals surface area contributed by atoms with Crippen LogP contribution >= 0.6 is 23.2 Å². The van der Waals surface area contributed by atoms with Crippen molar-refractivity contribution in [2.24, 2.45) is 23.2 Å². The second-order valence-corrected chi connectivity index (χ2v) is 8.58. The molecule has 4 aliphatic rings. The van der Waals surface area contributed by atoms with Crippen LogP contribution in [0.15, 0.2) is 0 Å². The minimum Gasteiger partial charge on any atom is -0.348 e. The predicted octanol–water partition coefficient (Wildman–Crippen LogP) is 4.34. The molecule has 0 heterocycles. The first-order valence-electron chi connectivity index (χ1n) is 8.45. The van der Waals surface area contributed by atoms with E-state index in [1.165, 1.54) is 38.5 Å². The summed E-state index contributed by atoms with van der Waals surface area (Å²) < 4.78 is 0. The van der Waals surface area contributed by atoms with Crippen LogP contribution in [0.3, 0.4) is 0 Å². The Hall–Kier alpha value is 0.0500. The highest BCUT2D eigenvalue weighted by atomic mass is 35.5. The fraction of sp³-hybridized carbons (Fsp3) is 0.941. The van der Waals surface area contributed by atoms with Gasteiger partial charge in [0.05, 0.1) is 5.54 Å². The Labute approximate surface area is 138 Å². The van der Waals surface area contributed by atoms with E-state index in [1.807, 2.05) is 6.92 Å². The second kappa shape index (κ2) is 5.92.